The van der Waals surface area contributed by atoms with Gasteiger partial charge in [0, 0.05) is 11.4 Å². The molecular formula is C18H21N5. The molecule has 0 bridgehead atoms. The van der Waals surface area contributed by atoms with E-state index >= 15 is 0 Å². The Labute approximate surface area is 136 Å². The average Bonchev–Trinajstić information content (AvgIpc) is 2.49. The largest absolute Gasteiger partial charge is 0.324 e. The second-order valence-corrected chi connectivity index (χ2v) is 5.83. The summed E-state index contributed by atoms with van der Waals surface area (Å²) in [6, 6.07) is 8.13. The van der Waals surface area contributed by atoms with Gasteiger partial charge in [-0.2, -0.15) is 15.0 Å². The van der Waals surface area contributed by atoms with E-state index in [4.69, 9.17) is 0 Å². The Balaban J connectivity index is 1.79. The Morgan fingerprint density at radius 3 is 2.26 bits per heavy atom. The van der Waals surface area contributed by atoms with E-state index in [0.29, 0.717) is 17.7 Å². The number of allylic oxidation sites excluding steroid dienone is 3. The van der Waals surface area contributed by atoms with Gasteiger partial charge in [0.25, 0.3) is 0 Å². The molecule has 1 aliphatic carbocycles. The number of aromatic nitrogens is 3. The molecule has 1 aromatic heterocycles. The van der Waals surface area contributed by atoms with Crippen LogP contribution < -0.4 is 10.6 Å². The Kier molecular flexibility index (Phi) is 4.37. The van der Waals surface area contributed by atoms with Crippen molar-refractivity contribution in [3.8, 4) is 0 Å². The molecule has 0 unspecified atom stereocenters. The lowest BCUT2D eigenvalue weighted by Crippen LogP contribution is -2.08. The van der Waals surface area contributed by atoms with Crippen molar-refractivity contribution in [2.45, 2.75) is 33.6 Å². The van der Waals surface area contributed by atoms with Gasteiger partial charge in [-0.3, -0.25) is 0 Å². The van der Waals surface area contributed by atoms with E-state index in [9.17, 15) is 0 Å². The van der Waals surface area contributed by atoms with Crippen LogP contribution >= 0.6 is 0 Å². The quantitative estimate of drug-likeness (QED) is 0.883. The highest BCUT2D eigenvalue weighted by molar-refractivity contribution is 5.55. The highest BCUT2D eigenvalue weighted by Crippen LogP contribution is 2.19. The standard InChI is InChI=1S/C18H21N5/c1-12-7-9-15(10-8-12)21-17-19-14(3)20-18(23-17)22-16-6-4-5-13(2)11-16/h6-11H,4-5H2,1-3H3,(H2,19,20,21,22,23). The summed E-state index contributed by atoms with van der Waals surface area (Å²) in [4.78, 5) is 13.2. The lowest BCUT2D eigenvalue weighted by Gasteiger charge is -2.13. The van der Waals surface area contributed by atoms with Crippen LogP contribution in [-0.4, -0.2) is 15.0 Å². The number of hydrogen-bond donors (Lipinski definition) is 2. The molecule has 1 aliphatic rings. The molecule has 2 aromatic rings. The van der Waals surface area contributed by atoms with E-state index < -0.39 is 0 Å². The number of aryl methyl sites for hydroxylation is 2. The summed E-state index contributed by atoms with van der Waals surface area (Å²) in [6.45, 7) is 6.06. The highest BCUT2D eigenvalue weighted by atomic mass is 15.2. The molecule has 0 fully saturated rings. The molecule has 0 aliphatic heterocycles. The number of benzene rings is 1. The van der Waals surface area contributed by atoms with Crippen molar-refractivity contribution in [1.29, 1.82) is 0 Å². The van der Waals surface area contributed by atoms with Crippen LogP contribution in [0.15, 0.2) is 47.7 Å². The molecule has 0 amide bonds. The van der Waals surface area contributed by atoms with E-state index in [1.54, 1.807) is 0 Å². The number of rotatable bonds is 4. The number of nitrogens with one attached hydrogen (secondary N) is 2. The summed E-state index contributed by atoms with van der Waals surface area (Å²) in [5, 5.41) is 6.49. The molecule has 0 saturated carbocycles. The Morgan fingerprint density at radius 2 is 1.57 bits per heavy atom. The van der Waals surface area contributed by atoms with Crippen LogP contribution in [0.1, 0.15) is 31.2 Å². The van der Waals surface area contributed by atoms with E-state index in [1.165, 1.54) is 11.1 Å². The van der Waals surface area contributed by atoms with E-state index in [0.717, 1.165) is 24.2 Å². The summed E-state index contributed by atoms with van der Waals surface area (Å²) in [6.07, 6.45) is 6.46. The van der Waals surface area contributed by atoms with Crippen molar-refractivity contribution in [1.82, 2.24) is 15.0 Å². The molecule has 2 N–H and O–H groups in total. The molecule has 0 atom stereocenters. The summed E-state index contributed by atoms with van der Waals surface area (Å²) in [5.74, 6) is 1.78. The number of hydrogen-bond acceptors (Lipinski definition) is 5. The monoisotopic (exact) mass is 307 g/mol. The third kappa shape index (κ3) is 4.16. The fourth-order valence-electron chi connectivity index (χ4n) is 2.43. The minimum absolute atomic E-state index is 0.543. The van der Waals surface area contributed by atoms with Crippen LogP contribution in [0.4, 0.5) is 17.6 Å². The van der Waals surface area contributed by atoms with Crippen LogP contribution in [0.5, 0.6) is 0 Å². The van der Waals surface area contributed by atoms with Gasteiger partial charge in [-0.15, -0.1) is 0 Å². The topological polar surface area (TPSA) is 62.7 Å². The molecule has 1 aromatic carbocycles. The normalized spacial score (nSPS) is 14.0. The van der Waals surface area contributed by atoms with Gasteiger partial charge in [0.1, 0.15) is 5.82 Å². The SMILES string of the molecule is CC1=CC(Nc2nc(C)nc(Nc3ccc(C)cc3)n2)=CCC1. The van der Waals surface area contributed by atoms with Gasteiger partial charge in [-0.25, -0.2) is 0 Å². The second-order valence-electron chi connectivity index (χ2n) is 5.83. The van der Waals surface area contributed by atoms with Gasteiger partial charge in [0.05, 0.1) is 0 Å². The zero-order chi connectivity index (χ0) is 16.2. The van der Waals surface area contributed by atoms with Crippen LogP contribution in [0.25, 0.3) is 0 Å². The van der Waals surface area contributed by atoms with E-state index in [2.05, 4.69) is 63.7 Å². The van der Waals surface area contributed by atoms with E-state index in [1.807, 2.05) is 19.1 Å². The van der Waals surface area contributed by atoms with Crippen LogP contribution in [0, 0.1) is 13.8 Å². The predicted octanol–water partition coefficient (Wildman–Crippen LogP) is 4.27. The first-order valence-electron chi connectivity index (χ1n) is 7.79. The zero-order valence-electron chi connectivity index (χ0n) is 13.7. The first-order chi connectivity index (χ1) is 11.1. The van der Waals surface area contributed by atoms with Crippen LogP contribution in [0.2, 0.25) is 0 Å². The first kappa shape index (κ1) is 15.2. The van der Waals surface area contributed by atoms with Gasteiger partial charge in [0.15, 0.2) is 0 Å². The third-order valence-corrected chi connectivity index (χ3v) is 3.62. The van der Waals surface area contributed by atoms with Crippen molar-refractivity contribution in [2.75, 3.05) is 10.6 Å². The predicted molar refractivity (Wildman–Crippen MR) is 93.7 cm³/mol. The summed E-state index contributed by atoms with van der Waals surface area (Å²) < 4.78 is 0. The molecule has 23 heavy (non-hydrogen) atoms. The molecule has 0 saturated heterocycles. The van der Waals surface area contributed by atoms with Crippen molar-refractivity contribution in [2.24, 2.45) is 0 Å². The lowest BCUT2D eigenvalue weighted by molar-refractivity contribution is 0.937. The fourth-order valence-corrected chi connectivity index (χ4v) is 2.43. The molecule has 0 radical (unpaired) electrons. The highest BCUT2D eigenvalue weighted by Gasteiger charge is 2.07. The first-order valence-corrected chi connectivity index (χ1v) is 7.79. The average molecular weight is 307 g/mol. The van der Waals surface area contributed by atoms with Crippen molar-refractivity contribution in [3.05, 3.63) is 59.1 Å². The minimum Gasteiger partial charge on any atom is -0.324 e. The smallest absolute Gasteiger partial charge is 0.232 e. The van der Waals surface area contributed by atoms with Gasteiger partial charge in [0.2, 0.25) is 11.9 Å². The maximum atomic E-state index is 4.46. The Bertz CT molecular complexity index is 759. The Morgan fingerprint density at radius 1 is 0.870 bits per heavy atom. The summed E-state index contributed by atoms with van der Waals surface area (Å²) in [7, 11) is 0. The molecule has 1 heterocycles. The summed E-state index contributed by atoms with van der Waals surface area (Å²) in [5.41, 5.74) is 4.58. The molecule has 5 heteroatoms. The van der Waals surface area contributed by atoms with Gasteiger partial charge >= 0.3 is 0 Å². The number of anilines is 3. The van der Waals surface area contributed by atoms with Crippen molar-refractivity contribution < 1.29 is 0 Å². The van der Waals surface area contributed by atoms with Crippen molar-refractivity contribution >= 4 is 17.6 Å². The second kappa shape index (κ2) is 6.60. The molecule has 3 rings (SSSR count). The molecule has 5 nitrogen and oxygen atoms in total. The fraction of sp³-hybridized carbons (Fsp3) is 0.278. The lowest BCUT2D eigenvalue weighted by atomic mass is 10.1. The maximum absolute atomic E-state index is 4.46. The van der Waals surface area contributed by atoms with E-state index in [-0.39, 0.29) is 0 Å². The minimum atomic E-state index is 0.543. The van der Waals surface area contributed by atoms with Crippen molar-refractivity contribution in [3.63, 3.8) is 0 Å². The van der Waals surface area contributed by atoms with Crippen LogP contribution in [-0.2, 0) is 0 Å². The van der Waals surface area contributed by atoms with Gasteiger partial charge in [-0.1, -0.05) is 29.3 Å². The third-order valence-electron chi connectivity index (χ3n) is 3.62. The zero-order valence-corrected chi connectivity index (χ0v) is 13.7. The summed E-state index contributed by atoms with van der Waals surface area (Å²) >= 11 is 0. The van der Waals surface area contributed by atoms with Gasteiger partial charge < -0.3 is 10.6 Å². The Hall–Kier alpha value is -2.69. The molecular weight excluding hydrogens is 286 g/mol. The maximum Gasteiger partial charge on any atom is 0.232 e. The molecule has 118 valence electrons. The molecule has 0 spiro atoms. The number of nitrogens with zero attached hydrogens (tertiary/aromatic N) is 3. The van der Waals surface area contributed by atoms with Crippen LogP contribution in [0.3, 0.4) is 0 Å². The van der Waals surface area contributed by atoms with Gasteiger partial charge in [-0.05, 0) is 51.8 Å².